The third-order valence-corrected chi connectivity index (χ3v) is 5.79. The van der Waals surface area contributed by atoms with Gasteiger partial charge in [-0.3, -0.25) is 14.9 Å². The van der Waals surface area contributed by atoms with Gasteiger partial charge in [-0.1, -0.05) is 13.0 Å². The lowest BCUT2D eigenvalue weighted by Crippen LogP contribution is -2.21. The van der Waals surface area contributed by atoms with E-state index in [4.69, 9.17) is 4.74 Å². The normalized spacial score (nSPS) is 15.7. The van der Waals surface area contributed by atoms with E-state index in [-0.39, 0.29) is 5.69 Å². The Labute approximate surface area is 160 Å². The molecule has 8 heteroatoms. The molecule has 1 aromatic carbocycles. The Bertz CT molecular complexity index is 906. The van der Waals surface area contributed by atoms with Gasteiger partial charge in [-0.2, -0.15) is 0 Å². The van der Waals surface area contributed by atoms with Crippen molar-refractivity contribution in [2.75, 3.05) is 11.9 Å². The fourth-order valence-corrected chi connectivity index (χ4v) is 4.16. The second-order valence-corrected chi connectivity index (χ2v) is 7.92. The lowest BCUT2D eigenvalue weighted by molar-refractivity contribution is -0.384. The number of nitro benzene ring substituents is 1. The van der Waals surface area contributed by atoms with Crippen molar-refractivity contribution in [1.82, 2.24) is 0 Å². The molecule has 0 saturated heterocycles. The highest BCUT2D eigenvalue weighted by atomic mass is 32.1. The molecule has 0 spiro atoms. The molecule has 1 N–H and O–H groups in total. The summed E-state index contributed by atoms with van der Waals surface area (Å²) < 4.78 is 5.11. The predicted octanol–water partition coefficient (Wildman–Crippen LogP) is 3.89. The number of thiophene rings is 1. The van der Waals surface area contributed by atoms with Gasteiger partial charge < -0.3 is 10.1 Å². The quantitative estimate of drug-likeness (QED) is 0.476. The smallest absolute Gasteiger partial charge is 0.348 e. The van der Waals surface area contributed by atoms with E-state index in [1.54, 1.807) is 13.0 Å². The monoisotopic (exact) mass is 388 g/mol. The first-order chi connectivity index (χ1) is 12.8. The topological polar surface area (TPSA) is 98.5 Å². The number of ether oxygens (including phenoxy) is 1. The number of carbonyl (C=O) groups is 2. The van der Waals surface area contributed by atoms with E-state index in [2.05, 4.69) is 12.2 Å². The first-order valence-corrected chi connectivity index (χ1v) is 9.48. The average Bonchev–Trinajstić information content (AvgIpc) is 3.04. The largest absolute Gasteiger partial charge is 0.451 e. The molecule has 7 nitrogen and oxygen atoms in total. The van der Waals surface area contributed by atoms with E-state index in [0.29, 0.717) is 22.0 Å². The van der Waals surface area contributed by atoms with Gasteiger partial charge in [0, 0.05) is 17.0 Å². The summed E-state index contributed by atoms with van der Waals surface area (Å²) in [6.07, 6.45) is 3.06. The highest BCUT2D eigenvalue weighted by Crippen LogP contribution is 2.32. The van der Waals surface area contributed by atoms with Crippen LogP contribution in [0.1, 0.15) is 39.0 Å². The molecule has 0 radical (unpaired) electrons. The number of rotatable bonds is 5. The molecule has 3 rings (SSSR count). The number of fused-ring (bicyclic) bond motifs is 1. The zero-order valence-electron chi connectivity index (χ0n) is 15.1. The first kappa shape index (κ1) is 19.0. The van der Waals surface area contributed by atoms with Crippen LogP contribution in [0.15, 0.2) is 24.3 Å². The fraction of sp³-hybridized carbons (Fsp3) is 0.368. The Balaban J connectivity index is 1.59. The molecule has 142 valence electrons. The molecule has 27 heavy (non-hydrogen) atoms. The number of anilines is 1. The molecular weight excluding hydrogens is 368 g/mol. The summed E-state index contributed by atoms with van der Waals surface area (Å²) in [6, 6.07) is 6.06. The van der Waals surface area contributed by atoms with Gasteiger partial charge in [-0.05, 0) is 49.3 Å². The Kier molecular flexibility index (Phi) is 5.55. The molecule has 0 saturated carbocycles. The van der Waals surface area contributed by atoms with Crippen LogP contribution in [0.4, 0.5) is 11.4 Å². The number of non-ortho nitro benzene ring substituents is 1. The van der Waals surface area contributed by atoms with Crippen molar-refractivity contribution in [3.05, 3.63) is 55.3 Å². The molecule has 1 aromatic heterocycles. The number of aryl methyl sites for hydroxylation is 2. The molecule has 1 aliphatic carbocycles. The standard InChI is InChI=1S/C19H20N2O5S/c1-11-3-6-16-13(7-11)8-17(27-16)19(23)26-10-18(22)20-15-9-14(21(24)25)5-4-12(15)2/h4-5,8-9,11H,3,6-7,10H2,1-2H3,(H,20,22)/t11-/m0/s1. The van der Waals surface area contributed by atoms with Gasteiger partial charge in [0.1, 0.15) is 4.88 Å². The highest BCUT2D eigenvalue weighted by molar-refractivity contribution is 7.14. The van der Waals surface area contributed by atoms with Crippen LogP contribution in [-0.4, -0.2) is 23.4 Å². The lowest BCUT2D eigenvalue weighted by atomic mass is 9.90. The number of esters is 1. The lowest BCUT2D eigenvalue weighted by Gasteiger charge is -2.16. The summed E-state index contributed by atoms with van der Waals surface area (Å²) in [7, 11) is 0. The maximum absolute atomic E-state index is 12.2. The molecule has 0 fully saturated rings. The Hall–Kier alpha value is -2.74. The minimum Gasteiger partial charge on any atom is -0.451 e. The SMILES string of the molecule is Cc1ccc([N+](=O)[O-])cc1NC(=O)COC(=O)c1cc2c(s1)CC[C@H](C)C2. The molecule has 0 aliphatic heterocycles. The average molecular weight is 388 g/mol. The highest BCUT2D eigenvalue weighted by Gasteiger charge is 2.22. The van der Waals surface area contributed by atoms with E-state index in [9.17, 15) is 19.7 Å². The maximum atomic E-state index is 12.2. The number of carbonyl (C=O) groups excluding carboxylic acids is 2. The molecule has 1 heterocycles. The van der Waals surface area contributed by atoms with Crippen LogP contribution < -0.4 is 5.32 Å². The summed E-state index contributed by atoms with van der Waals surface area (Å²) in [6.45, 7) is 3.47. The van der Waals surface area contributed by atoms with Crippen LogP contribution in [0.3, 0.4) is 0 Å². The predicted molar refractivity (Wildman–Crippen MR) is 102 cm³/mol. The molecular formula is C19H20N2O5S. The van der Waals surface area contributed by atoms with E-state index in [0.717, 1.165) is 19.3 Å². The molecule has 2 aromatic rings. The summed E-state index contributed by atoms with van der Waals surface area (Å²) >= 11 is 1.43. The second kappa shape index (κ2) is 7.87. The first-order valence-electron chi connectivity index (χ1n) is 8.67. The number of amides is 1. The molecule has 0 bridgehead atoms. The minimum atomic E-state index is -0.540. The Morgan fingerprint density at radius 1 is 1.37 bits per heavy atom. The van der Waals surface area contributed by atoms with E-state index >= 15 is 0 Å². The van der Waals surface area contributed by atoms with Gasteiger partial charge in [-0.25, -0.2) is 4.79 Å². The number of hydrogen-bond donors (Lipinski definition) is 1. The summed E-state index contributed by atoms with van der Waals surface area (Å²) in [5.74, 6) is -0.449. The van der Waals surface area contributed by atoms with Crippen LogP contribution >= 0.6 is 11.3 Å². The van der Waals surface area contributed by atoms with Gasteiger partial charge in [-0.15, -0.1) is 11.3 Å². The second-order valence-electron chi connectivity index (χ2n) is 6.79. The fourth-order valence-electron chi connectivity index (χ4n) is 3.05. The van der Waals surface area contributed by atoms with Crippen molar-refractivity contribution < 1.29 is 19.2 Å². The van der Waals surface area contributed by atoms with E-state index in [1.807, 2.05) is 6.07 Å². The number of hydrogen-bond acceptors (Lipinski definition) is 6. The number of nitrogens with zero attached hydrogens (tertiary/aromatic N) is 1. The van der Waals surface area contributed by atoms with Crippen LogP contribution in [0.5, 0.6) is 0 Å². The van der Waals surface area contributed by atoms with Gasteiger partial charge in [0.15, 0.2) is 6.61 Å². The van der Waals surface area contributed by atoms with Gasteiger partial charge in [0.05, 0.1) is 10.6 Å². The Morgan fingerprint density at radius 3 is 2.89 bits per heavy atom. The van der Waals surface area contributed by atoms with Gasteiger partial charge in [0.25, 0.3) is 11.6 Å². The molecule has 1 atom stereocenters. The van der Waals surface area contributed by atoms with Crippen LogP contribution in [0.2, 0.25) is 0 Å². The summed E-state index contributed by atoms with van der Waals surface area (Å²) in [5, 5.41) is 13.4. The molecule has 1 aliphatic rings. The molecule has 1 amide bonds. The van der Waals surface area contributed by atoms with Crippen molar-refractivity contribution >= 4 is 34.6 Å². The number of benzene rings is 1. The summed E-state index contributed by atoms with van der Waals surface area (Å²) in [4.78, 5) is 36.3. The van der Waals surface area contributed by atoms with Gasteiger partial charge in [0.2, 0.25) is 0 Å². The van der Waals surface area contributed by atoms with Gasteiger partial charge >= 0.3 is 5.97 Å². The van der Waals surface area contributed by atoms with E-state index in [1.165, 1.54) is 33.9 Å². The summed E-state index contributed by atoms with van der Waals surface area (Å²) in [5.41, 5.74) is 2.08. The van der Waals surface area contributed by atoms with Crippen molar-refractivity contribution in [1.29, 1.82) is 0 Å². The van der Waals surface area contributed by atoms with Crippen LogP contribution in [0, 0.1) is 23.0 Å². The third kappa shape index (κ3) is 4.51. The Morgan fingerprint density at radius 2 is 2.15 bits per heavy atom. The van der Waals surface area contributed by atoms with Crippen molar-refractivity contribution in [3.8, 4) is 0 Å². The van der Waals surface area contributed by atoms with E-state index < -0.39 is 23.4 Å². The van der Waals surface area contributed by atoms with Crippen LogP contribution in [-0.2, 0) is 22.4 Å². The minimum absolute atomic E-state index is 0.119. The molecule has 0 unspecified atom stereocenters. The maximum Gasteiger partial charge on any atom is 0.348 e. The zero-order chi connectivity index (χ0) is 19.6. The number of nitro groups is 1. The zero-order valence-corrected chi connectivity index (χ0v) is 15.9. The van der Waals surface area contributed by atoms with Crippen molar-refractivity contribution in [2.24, 2.45) is 5.92 Å². The number of nitrogens with one attached hydrogen (secondary N) is 1. The van der Waals surface area contributed by atoms with Crippen molar-refractivity contribution in [3.63, 3.8) is 0 Å². The third-order valence-electron chi connectivity index (χ3n) is 4.57. The van der Waals surface area contributed by atoms with Crippen molar-refractivity contribution in [2.45, 2.75) is 33.1 Å². The van der Waals surface area contributed by atoms with Crippen LogP contribution in [0.25, 0.3) is 0 Å².